The summed E-state index contributed by atoms with van der Waals surface area (Å²) in [4.78, 5) is 13.4. The van der Waals surface area contributed by atoms with Crippen molar-refractivity contribution < 1.29 is 39.3 Å². The molecule has 2 aromatic carbocycles. The molecule has 0 spiro atoms. The fourth-order valence-electron chi connectivity index (χ4n) is 3.02. The molecule has 1 atom stereocenters. The molecule has 0 saturated carbocycles. The van der Waals surface area contributed by atoms with Crippen LogP contribution in [0.1, 0.15) is 79.7 Å². The monoisotopic (exact) mass is 486 g/mol. The number of hydrogen-bond acceptors (Lipinski definition) is 4. The molecular formula is C26H37ClLiO4P. The molecule has 178 valence electrons. The van der Waals surface area contributed by atoms with Gasteiger partial charge in [0.25, 0.3) is 0 Å². The second kappa shape index (κ2) is 11.0. The summed E-state index contributed by atoms with van der Waals surface area (Å²) in [5.74, 6) is 1.79. The minimum atomic E-state index is -0.470. The maximum atomic E-state index is 13.4. The van der Waals surface area contributed by atoms with E-state index in [0.29, 0.717) is 33.1 Å². The van der Waals surface area contributed by atoms with E-state index in [-0.39, 0.29) is 34.4 Å². The van der Waals surface area contributed by atoms with Crippen molar-refractivity contribution in [2.75, 3.05) is 0 Å². The first-order chi connectivity index (χ1) is 14.5. The molecule has 0 aliphatic heterocycles. The maximum Gasteiger partial charge on any atom is 1.00 e. The normalized spacial score (nSPS) is 12.5. The largest absolute Gasteiger partial charge is 1.00 e. The van der Waals surface area contributed by atoms with E-state index in [2.05, 4.69) is 0 Å². The van der Waals surface area contributed by atoms with Gasteiger partial charge in [-0.25, -0.2) is 0 Å². The van der Waals surface area contributed by atoms with Crippen molar-refractivity contribution in [3.8, 4) is 17.2 Å². The molecule has 2 aromatic rings. The number of carbonyl (C=O) groups excluding carboxylic acids is 1. The summed E-state index contributed by atoms with van der Waals surface area (Å²) in [7, 11) is -0.227. The van der Waals surface area contributed by atoms with Crippen LogP contribution in [0, 0.1) is 6.92 Å². The van der Waals surface area contributed by atoms with E-state index >= 15 is 0 Å². The van der Waals surface area contributed by atoms with Gasteiger partial charge in [0, 0.05) is 17.7 Å². The number of aryl methyl sites for hydroxylation is 1. The van der Waals surface area contributed by atoms with Gasteiger partial charge in [0.15, 0.2) is 5.52 Å². The number of ether oxygens (including phenoxy) is 3. The Balaban J connectivity index is 0.00000544. The van der Waals surface area contributed by atoms with Crippen LogP contribution in [0.5, 0.6) is 17.2 Å². The van der Waals surface area contributed by atoms with Crippen molar-refractivity contribution in [3.63, 3.8) is 0 Å². The first kappa shape index (κ1) is 29.9. The third kappa shape index (κ3) is 9.54. The van der Waals surface area contributed by atoms with Gasteiger partial charge >= 0.3 is 18.9 Å². The fourth-order valence-corrected chi connectivity index (χ4v) is 4.58. The maximum absolute atomic E-state index is 13.4. The Morgan fingerprint density at radius 3 is 1.70 bits per heavy atom. The topological polar surface area (TPSA) is 44.8 Å². The van der Waals surface area contributed by atoms with Crippen LogP contribution in [-0.2, 0) is 0 Å². The standard InChI is InChI=1S/C26H36ClO4P.Li.H/c1-16-12-11-13-18(27)21(16)23(28)32-22-19(30-25(5,6)7)14-17(29-24(2,3)4)15-20(22)31-26(8,9)10;;/h11-15,32H,1-10H3;;/q;+1;-1. The van der Waals surface area contributed by atoms with Gasteiger partial charge in [0.05, 0.1) is 10.3 Å². The second-order valence-corrected chi connectivity index (χ2v) is 12.4. The summed E-state index contributed by atoms with van der Waals surface area (Å²) in [6.45, 7) is 19.7. The molecule has 1 unspecified atom stereocenters. The molecule has 0 heterocycles. The van der Waals surface area contributed by atoms with Gasteiger partial charge in [-0.05, 0) is 89.4 Å². The summed E-state index contributed by atoms with van der Waals surface area (Å²) >= 11 is 6.38. The van der Waals surface area contributed by atoms with Gasteiger partial charge in [0.1, 0.15) is 34.1 Å². The third-order valence-corrected chi connectivity index (χ3v) is 5.52. The van der Waals surface area contributed by atoms with Crippen LogP contribution in [0.25, 0.3) is 0 Å². The minimum absolute atomic E-state index is 0. The van der Waals surface area contributed by atoms with Gasteiger partial charge in [-0.1, -0.05) is 23.7 Å². The van der Waals surface area contributed by atoms with Gasteiger partial charge in [-0.15, -0.1) is 0 Å². The van der Waals surface area contributed by atoms with Crippen molar-refractivity contribution in [1.82, 2.24) is 0 Å². The summed E-state index contributed by atoms with van der Waals surface area (Å²) < 4.78 is 18.7. The van der Waals surface area contributed by atoms with E-state index < -0.39 is 16.8 Å². The molecule has 0 N–H and O–H groups in total. The summed E-state index contributed by atoms with van der Waals surface area (Å²) in [5.41, 5.74) is -0.0174. The van der Waals surface area contributed by atoms with Crippen LogP contribution in [0.3, 0.4) is 0 Å². The zero-order valence-corrected chi connectivity index (χ0v) is 23.7. The van der Waals surface area contributed by atoms with Crippen molar-refractivity contribution >= 4 is 31.0 Å². The predicted molar refractivity (Wildman–Crippen MR) is 137 cm³/mol. The Labute approximate surface area is 219 Å². The van der Waals surface area contributed by atoms with Crippen molar-refractivity contribution in [2.24, 2.45) is 0 Å². The van der Waals surface area contributed by atoms with E-state index in [0.717, 1.165) is 5.56 Å². The predicted octanol–water partition coefficient (Wildman–Crippen LogP) is 4.44. The van der Waals surface area contributed by atoms with E-state index in [1.807, 2.05) is 93.5 Å². The smallest absolute Gasteiger partial charge is 1.00 e. The van der Waals surface area contributed by atoms with Crippen molar-refractivity contribution in [3.05, 3.63) is 46.5 Å². The van der Waals surface area contributed by atoms with E-state index in [1.54, 1.807) is 6.07 Å². The summed E-state index contributed by atoms with van der Waals surface area (Å²) in [6.07, 6.45) is 0. The first-order valence-corrected chi connectivity index (χ1v) is 12.1. The molecule has 2 rings (SSSR count). The summed E-state index contributed by atoms with van der Waals surface area (Å²) in [5, 5.41) is 1.16. The van der Waals surface area contributed by atoms with Gasteiger partial charge in [0.2, 0.25) is 0 Å². The van der Waals surface area contributed by atoms with Crippen LogP contribution >= 0.6 is 20.2 Å². The quantitative estimate of drug-likeness (QED) is 0.447. The zero-order chi connectivity index (χ0) is 24.5. The van der Waals surface area contributed by atoms with Crippen LogP contribution < -0.4 is 38.4 Å². The van der Waals surface area contributed by atoms with Crippen molar-refractivity contribution in [2.45, 2.75) is 86.0 Å². The SMILES string of the molecule is Cc1cccc(Cl)c1C(=O)Pc1c(OC(C)(C)C)cc(OC(C)(C)C)cc1OC(C)(C)C.[H-].[Li+]. The average molecular weight is 487 g/mol. The van der Waals surface area contributed by atoms with Crippen LogP contribution in [0.4, 0.5) is 0 Å². The molecule has 0 aliphatic rings. The van der Waals surface area contributed by atoms with Gasteiger partial charge in [-0.2, -0.15) is 0 Å². The Morgan fingerprint density at radius 1 is 0.848 bits per heavy atom. The van der Waals surface area contributed by atoms with E-state index in [9.17, 15) is 4.79 Å². The van der Waals surface area contributed by atoms with Crippen molar-refractivity contribution in [1.29, 1.82) is 0 Å². The molecule has 0 radical (unpaired) electrons. The van der Waals surface area contributed by atoms with Gasteiger partial charge in [-0.3, -0.25) is 4.79 Å². The molecule has 7 heteroatoms. The fraction of sp³-hybridized carbons (Fsp3) is 0.500. The average Bonchev–Trinajstić information content (AvgIpc) is 2.53. The zero-order valence-electron chi connectivity index (χ0n) is 22.9. The van der Waals surface area contributed by atoms with Gasteiger partial charge < -0.3 is 15.6 Å². The Hall–Kier alpha value is -1.17. The molecule has 0 aromatic heterocycles. The molecular weight excluding hydrogens is 450 g/mol. The molecule has 0 fully saturated rings. The van der Waals surface area contributed by atoms with E-state index in [4.69, 9.17) is 25.8 Å². The summed E-state index contributed by atoms with van der Waals surface area (Å²) in [6, 6.07) is 9.18. The molecule has 33 heavy (non-hydrogen) atoms. The van der Waals surface area contributed by atoms with Crippen LogP contribution in [0.15, 0.2) is 30.3 Å². The van der Waals surface area contributed by atoms with E-state index in [1.165, 1.54) is 0 Å². The molecule has 4 nitrogen and oxygen atoms in total. The number of rotatable bonds is 6. The Bertz CT molecular complexity index is 935. The third-order valence-electron chi connectivity index (χ3n) is 3.98. The Kier molecular flexibility index (Phi) is 10.00. The first-order valence-electron chi connectivity index (χ1n) is 10.8. The number of benzene rings is 2. The number of carbonyl (C=O) groups is 1. The molecule has 0 amide bonds. The van der Waals surface area contributed by atoms with Crippen LogP contribution in [0.2, 0.25) is 5.02 Å². The van der Waals surface area contributed by atoms with Crippen LogP contribution in [-0.4, -0.2) is 22.3 Å². The molecule has 0 bridgehead atoms. The molecule has 0 aliphatic carbocycles. The second-order valence-electron chi connectivity index (χ2n) is 10.8. The number of hydrogen-bond donors (Lipinski definition) is 0. The minimum Gasteiger partial charge on any atom is -1.00 e. The molecule has 0 saturated heterocycles. The Morgan fingerprint density at radius 2 is 1.30 bits per heavy atom. The number of halogens is 1.